The average molecular weight is 219 g/mol. The third-order valence-electron chi connectivity index (χ3n) is 4.11. The van der Waals surface area contributed by atoms with Gasteiger partial charge in [0.05, 0.1) is 6.20 Å². The monoisotopic (exact) mass is 219 g/mol. The second-order valence-electron chi connectivity index (χ2n) is 5.16. The predicted molar refractivity (Wildman–Crippen MR) is 60.8 cm³/mol. The van der Waals surface area contributed by atoms with E-state index in [1.165, 1.54) is 25.7 Å². The molecule has 16 heavy (non-hydrogen) atoms. The number of amides is 1. The van der Waals surface area contributed by atoms with Crippen LogP contribution in [0.4, 0.5) is 5.82 Å². The Hall–Kier alpha value is -1.32. The number of carbonyl (C=O) groups excluding carboxylic acids is 1. The first-order valence-corrected chi connectivity index (χ1v) is 6.10. The van der Waals surface area contributed by atoms with Gasteiger partial charge in [-0.15, -0.1) is 0 Å². The van der Waals surface area contributed by atoms with E-state index in [2.05, 4.69) is 15.5 Å². The molecule has 1 aromatic rings. The summed E-state index contributed by atoms with van der Waals surface area (Å²) >= 11 is 0. The molecule has 86 valence electrons. The molecule has 2 saturated carbocycles. The van der Waals surface area contributed by atoms with Gasteiger partial charge in [-0.3, -0.25) is 9.89 Å². The Morgan fingerprint density at radius 2 is 2.44 bits per heavy atom. The van der Waals surface area contributed by atoms with Gasteiger partial charge >= 0.3 is 0 Å². The predicted octanol–water partition coefficient (Wildman–Crippen LogP) is 2.17. The zero-order valence-corrected chi connectivity index (χ0v) is 9.28. The minimum Gasteiger partial charge on any atom is -0.311 e. The first kappa shape index (κ1) is 9.87. The molecular weight excluding hydrogens is 202 g/mol. The van der Waals surface area contributed by atoms with Gasteiger partial charge in [-0.25, -0.2) is 0 Å². The fourth-order valence-electron chi connectivity index (χ4n) is 3.39. The van der Waals surface area contributed by atoms with Crippen molar-refractivity contribution < 1.29 is 4.79 Å². The molecule has 0 radical (unpaired) electrons. The summed E-state index contributed by atoms with van der Waals surface area (Å²) in [7, 11) is 0. The van der Waals surface area contributed by atoms with Crippen LogP contribution in [-0.4, -0.2) is 16.1 Å². The third-order valence-corrected chi connectivity index (χ3v) is 4.11. The lowest BCUT2D eigenvalue weighted by atomic mass is 9.86. The first-order chi connectivity index (χ1) is 7.81. The van der Waals surface area contributed by atoms with Crippen LogP contribution in [0, 0.1) is 17.8 Å². The Bertz CT molecular complexity index is 374. The molecule has 3 atom stereocenters. The Balaban J connectivity index is 1.53. The van der Waals surface area contributed by atoms with Crippen molar-refractivity contribution in [3.8, 4) is 0 Å². The molecule has 3 rings (SSSR count). The van der Waals surface area contributed by atoms with Crippen molar-refractivity contribution in [1.82, 2.24) is 10.2 Å². The fourth-order valence-corrected chi connectivity index (χ4v) is 3.39. The molecule has 0 saturated heterocycles. The van der Waals surface area contributed by atoms with Crippen LogP contribution in [0.5, 0.6) is 0 Å². The quantitative estimate of drug-likeness (QED) is 0.818. The highest BCUT2D eigenvalue weighted by Crippen LogP contribution is 2.49. The molecule has 2 N–H and O–H groups in total. The average Bonchev–Trinajstić information content (AvgIpc) is 2.92. The fraction of sp³-hybridized carbons (Fsp3) is 0.667. The van der Waals surface area contributed by atoms with Crippen molar-refractivity contribution >= 4 is 11.7 Å². The van der Waals surface area contributed by atoms with Crippen LogP contribution in [0.1, 0.15) is 32.1 Å². The maximum absolute atomic E-state index is 11.8. The summed E-state index contributed by atoms with van der Waals surface area (Å²) in [6.07, 6.45) is 7.69. The molecule has 4 nitrogen and oxygen atoms in total. The number of H-pyrrole nitrogens is 1. The highest BCUT2D eigenvalue weighted by molar-refractivity contribution is 5.89. The highest BCUT2D eigenvalue weighted by Gasteiger charge is 2.40. The van der Waals surface area contributed by atoms with Crippen molar-refractivity contribution in [1.29, 1.82) is 0 Å². The molecular formula is C12H17N3O. The second kappa shape index (κ2) is 3.92. The van der Waals surface area contributed by atoms with Crippen molar-refractivity contribution in [2.75, 3.05) is 5.32 Å². The maximum atomic E-state index is 11.8. The van der Waals surface area contributed by atoms with E-state index >= 15 is 0 Å². The van der Waals surface area contributed by atoms with E-state index in [4.69, 9.17) is 0 Å². The third kappa shape index (κ3) is 1.84. The number of hydrogen-bond acceptors (Lipinski definition) is 2. The zero-order valence-electron chi connectivity index (χ0n) is 9.28. The number of aromatic nitrogens is 2. The van der Waals surface area contributed by atoms with Crippen LogP contribution in [0.2, 0.25) is 0 Å². The molecule has 0 spiro atoms. The second-order valence-corrected chi connectivity index (χ2v) is 5.16. The van der Waals surface area contributed by atoms with Crippen molar-refractivity contribution in [2.24, 2.45) is 17.8 Å². The van der Waals surface area contributed by atoms with Crippen LogP contribution < -0.4 is 5.32 Å². The molecule has 2 fully saturated rings. The summed E-state index contributed by atoms with van der Waals surface area (Å²) in [5.41, 5.74) is 0. The van der Waals surface area contributed by atoms with Gasteiger partial charge in [-0.2, -0.15) is 5.10 Å². The molecule has 4 heteroatoms. The molecule has 0 aliphatic heterocycles. The summed E-state index contributed by atoms with van der Waals surface area (Å²) in [6, 6.07) is 1.78. The Morgan fingerprint density at radius 3 is 3.06 bits per heavy atom. The summed E-state index contributed by atoms with van der Waals surface area (Å²) < 4.78 is 0. The lowest BCUT2D eigenvalue weighted by Gasteiger charge is -2.20. The van der Waals surface area contributed by atoms with E-state index in [-0.39, 0.29) is 5.91 Å². The molecule has 3 unspecified atom stereocenters. The van der Waals surface area contributed by atoms with E-state index in [9.17, 15) is 4.79 Å². The number of rotatable bonds is 3. The van der Waals surface area contributed by atoms with Crippen LogP contribution >= 0.6 is 0 Å². The molecule has 2 aliphatic rings. The lowest BCUT2D eigenvalue weighted by molar-refractivity contribution is -0.117. The Kier molecular flexibility index (Phi) is 2.42. The standard InChI is InChI=1S/C12H17N3O/c16-12(14-11-3-4-13-15-11)7-10-6-8-1-2-9(10)5-8/h3-4,8-10H,1-2,5-7H2,(H2,13,14,15,16). The summed E-state index contributed by atoms with van der Waals surface area (Å²) in [6.45, 7) is 0. The van der Waals surface area contributed by atoms with Crippen molar-refractivity contribution in [3.05, 3.63) is 12.3 Å². The molecule has 2 bridgehead atoms. The van der Waals surface area contributed by atoms with Crippen molar-refractivity contribution in [3.63, 3.8) is 0 Å². The largest absolute Gasteiger partial charge is 0.311 e. The van der Waals surface area contributed by atoms with Crippen LogP contribution in [0.25, 0.3) is 0 Å². The van der Waals surface area contributed by atoms with Crippen LogP contribution in [0.3, 0.4) is 0 Å². The summed E-state index contributed by atoms with van der Waals surface area (Å²) in [5, 5.41) is 9.40. The number of anilines is 1. The number of hydrogen-bond donors (Lipinski definition) is 2. The number of nitrogens with zero attached hydrogens (tertiary/aromatic N) is 1. The number of carbonyl (C=O) groups is 1. The summed E-state index contributed by atoms with van der Waals surface area (Å²) in [4.78, 5) is 11.8. The zero-order chi connectivity index (χ0) is 11.0. The molecule has 1 aromatic heterocycles. The number of fused-ring (bicyclic) bond motifs is 2. The SMILES string of the molecule is O=C(CC1CC2CCC1C2)Nc1ccn[nH]1. The van der Waals surface area contributed by atoms with E-state index in [1.54, 1.807) is 12.3 Å². The van der Waals surface area contributed by atoms with Gasteiger partial charge in [0.25, 0.3) is 0 Å². The van der Waals surface area contributed by atoms with Gasteiger partial charge < -0.3 is 5.32 Å². The minimum atomic E-state index is 0.127. The van der Waals surface area contributed by atoms with Gasteiger partial charge in [-0.1, -0.05) is 6.42 Å². The van der Waals surface area contributed by atoms with Gasteiger partial charge in [0, 0.05) is 12.5 Å². The maximum Gasteiger partial charge on any atom is 0.225 e. The normalized spacial score (nSPS) is 31.9. The summed E-state index contributed by atoms with van der Waals surface area (Å²) in [5.74, 6) is 3.18. The van der Waals surface area contributed by atoms with Crippen molar-refractivity contribution in [2.45, 2.75) is 32.1 Å². The molecule has 0 aromatic carbocycles. The molecule has 2 aliphatic carbocycles. The Labute approximate surface area is 94.8 Å². The highest BCUT2D eigenvalue weighted by atomic mass is 16.1. The smallest absolute Gasteiger partial charge is 0.225 e. The van der Waals surface area contributed by atoms with Gasteiger partial charge in [0.1, 0.15) is 5.82 Å². The van der Waals surface area contributed by atoms with E-state index in [0.29, 0.717) is 18.2 Å². The number of nitrogens with one attached hydrogen (secondary N) is 2. The van der Waals surface area contributed by atoms with Gasteiger partial charge in [-0.05, 0) is 37.0 Å². The van der Waals surface area contributed by atoms with Gasteiger partial charge in [0.15, 0.2) is 0 Å². The first-order valence-electron chi connectivity index (χ1n) is 6.10. The number of aromatic amines is 1. The van der Waals surface area contributed by atoms with Crippen LogP contribution in [0.15, 0.2) is 12.3 Å². The minimum absolute atomic E-state index is 0.127. The lowest BCUT2D eigenvalue weighted by Crippen LogP contribution is -2.20. The van der Waals surface area contributed by atoms with Crippen LogP contribution in [-0.2, 0) is 4.79 Å². The Morgan fingerprint density at radius 1 is 1.50 bits per heavy atom. The topological polar surface area (TPSA) is 57.8 Å². The van der Waals surface area contributed by atoms with E-state index in [1.807, 2.05) is 0 Å². The molecule has 1 heterocycles. The van der Waals surface area contributed by atoms with E-state index in [0.717, 1.165) is 11.8 Å². The molecule has 1 amide bonds. The van der Waals surface area contributed by atoms with E-state index < -0.39 is 0 Å². The van der Waals surface area contributed by atoms with Gasteiger partial charge in [0.2, 0.25) is 5.91 Å².